The number of aromatic nitrogens is 1. The van der Waals surface area contributed by atoms with E-state index in [-0.39, 0.29) is 28.6 Å². The van der Waals surface area contributed by atoms with Crippen molar-refractivity contribution in [2.45, 2.75) is 35.3 Å². The minimum atomic E-state index is -2.94. The summed E-state index contributed by atoms with van der Waals surface area (Å²) in [6, 6.07) is 15.8. The van der Waals surface area contributed by atoms with Crippen LogP contribution in [0.2, 0.25) is 0 Å². The van der Waals surface area contributed by atoms with Gasteiger partial charge in [-0.05, 0) is 43.5 Å². The second kappa shape index (κ2) is 8.56. The highest BCUT2D eigenvalue weighted by molar-refractivity contribution is 8.02. The molecule has 3 aromatic rings. The lowest BCUT2D eigenvalue weighted by Crippen LogP contribution is -2.39. The zero-order chi connectivity index (χ0) is 21.4. The number of piperidine rings is 1. The number of thioether (sulfide) groups is 1. The summed E-state index contributed by atoms with van der Waals surface area (Å²) >= 11 is 3.26. The fourth-order valence-electron chi connectivity index (χ4n) is 4.38. The highest BCUT2D eigenvalue weighted by Crippen LogP contribution is 2.36. The monoisotopic (exact) mass is 472 g/mol. The average molecular weight is 473 g/mol. The molecular formula is C23H24N2O3S3. The van der Waals surface area contributed by atoms with Gasteiger partial charge in [-0.2, -0.15) is 0 Å². The van der Waals surface area contributed by atoms with Crippen molar-refractivity contribution in [2.75, 3.05) is 24.6 Å². The number of thiazole rings is 1. The van der Waals surface area contributed by atoms with E-state index in [1.54, 1.807) is 11.3 Å². The second-order valence-electron chi connectivity index (χ2n) is 8.25. The van der Waals surface area contributed by atoms with Gasteiger partial charge in [0.2, 0.25) is 0 Å². The molecule has 0 unspecified atom stereocenters. The quantitative estimate of drug-likeness (QED) is 0.555. The van der Waals surface area contributed by atoms with Gasteiger partial charge in [0.25, 0.3) is 5.91 Å². The Bertz CT molecular complexity index is 1190. The maximum atomic E-state index is 13.4. The Labute approximate surface area is 190 Å². The number of amides is 1. The van der Waals surface area contributed by atoms with Gasteiger partial charge in [0, 0.05) is 29.2 Å². The molecule has 8 heteroatoms. The molecule has 162 valence electrons. The van der Waals surface area contributed by atoms with Crippen LogP contribution in [0, 0.1) is 0 Å². The molecule has 2 aromatic carbocycles. The summed E-state index contributed by atoms with van der Waals surface area (Å²) in [7, 11) is -2.94. The van der Waals surface area contributed by atoms with E-state index in [0.29, 0.717) is 18.5 Å². The van der Waals surface area contributed by atoms with Crippen LogP contribution in [0.15, 0.2) is 53.4 Å². The van der Waals surface area contributed by atoms with E-state index in [1.165, 1.54) is 16.5 Å². The lowest BCUT2D eigenvalue weighted by atomic mass is 9.98. The standard InChI is InChI=1S/C23H24N2O3S3/c26-23(18-7-1-3-9-20(18)29-17-11-13-31(27,28)15-17)25-12-5-6-16(14-25)22-24-19-8-2-4-10-21(19)30-22/h1-4,7-10,16-17H,5-6,11-15H2/t16-,17-/m0/s1. The van der Waals surface area contributed by atoms with E-state index in [4.69, 9.17) is 4.98 Å². The van der Waals surface area contributed by atoms with Crippen LogP contribution < -0.4 is 0 Å². The summed E-state index contributed by atoms with van der Waals surface area (Å²) in [6.45, 7) is 1.42. The van der Waals surface area contributed by atoms with Crippen LogP contribution in [0.3, 0.4) is 0 Å². The number of benzene rings is 2. The topological polar surface area (TPSA) is 67.3 Å². The molecule has 3 heterocycles. The summed E-state index contributed by atoms with van der Waals surface area (Å²) < 4.78 is 24.9. The molecule has 31 heavy (non-hydrogen) atoms. The van der Waals surface area contributed by atoms with Crippen molar-refractivity contribution < 1.29 is 13.2 Å². The van der Waals surface area contributed by atoms with Crippen molar-refractivity contribution in [3.8, 4) is 0 Å². The SMILES string of the molecule is O=C(c1ccccc1S[C@H]1CCS(=O)(=O)C1)N1CCC[C@H](c2nc3ccccc3s2)C1. The molecule has 0 spiro atoms. The lowest BCUT2D eigenvalue weighted by Gasteiger charge is -2.32. The van der Waals surface area contributed by atoms with Gasteiger partial charge in [0.05, 0.1) is 32.3 Å². The van der Waals surface area contributed by atoms with Crippen LogP contribution in [0.5, 0.6) is 0 Å². The number of likely N-dealkylation sites (tertiary alicyclic amines) is 1. The van der Waals surface area contributed by atoms with E-state index in [1.807, 2.05) is 47.4 Å². The largest absolute Gasteiger partial charge is 0.338 e. The smallest absolute Gasteiger partial charge is 0.255 e. The van der Waals surface area contributed by atoms with Crippen LogP contribution >= 0.6 is 23.1 Å². The molecule has 0 N–H and O–H groups in total. The van der Waals surface area contributed by atoms with E-state index in [2.05, 4.69) is 6.07 Å². The number of sulfone groups is 1. The Morgan fingerprint density at radius 2 is 1.90 bits per heavy atom. The molecule has 0 bridgehead atoms. The number of hydrogen-bond donors (Lipinski definition) is 0. The number of carbonyl (C=O) groups is 1. The van der Waals surface area contributed by atoms with E-state index in [0.717, 1.165) is 34.8 Å². The minimum Gasteiger partial charge on any atom is -0.338 e. The Balaban J connectivity index is 1.34. The van der Waals surface area contributed by atoms with Gasteiger partial charge >= 0.3 is 0 Å². The maximum absolute atomic E-state index is 13.4. The zero-order valence-electron chi connectivity index (χ0n) is 17.1. The average Bonchev–Trinajstić information content (AvgIpc) is 3.36. The van der Waals surface area contributed by atoms with Crippen molar-refractivity contribution in [1.82, 2.24) is 9.88 Å². The van der Waals surface area contributed by atoms with Crippen molar-refractivity contribution in [1.29, 1.82) is 0 Å². The number of fused-ring (bicyclic) bond motifs is 1. The summed E-state index contributed by atoms with van der Waals surface area (Å²) in [6.07, 6.45) is 2.65. The molecule has 1 aromatic heterocycles. The van der Waals surface area contributed by atoms with Gasteiger partial charge in [-0.15, -0.1) is 23.1 Å². The van der Waals surface area contributed by atoms with Gasteiger partial charge in [0.1, 0.15) is 0 Å². The minimum absolute atomic E-state index is 0.0239. The van der Waals surface area contributed by atoms with Crippen LogP contribution in [0.1, 0.15) is 40.5 Å². The Hall–Kier alpha value is -1.90. The summed E-state index contributed by atoms with van der Waals surface area (Å²) in [5.41, 5.74) is 1.71. The van der Waals surface area contributed by atoms with Gasteiger partial charge in [-0.1, -0.05) is 24.3 Å². The highest BCUT2D eigenvalue weighted by Gasteiger charge is 2.31. The number of para-hydroxylation sites is 1. The van der Waals surface area contributed by atoms with Crippen LogP contribution in [-0.2, 0) is 9.84 Å². The number of hydrogen-bond acceptors (Lipinski definition) is 6. The van der Waals surface area contributed by atoms with Crippen molar-refractivity contribution in [2.24, 2.45) is 0 Å². The first-order valence-corrected chi connectivity index (χ1v) is 14.1. The fourth-order valence-corrected chi connectivity index (χ4v) is 9.09. The van der Waals surface area contributed by atoms with E-state index < -0.39 is 9.84 Å². The first-order valence-electron chi connectivity index (χ1n) is 10.6. The maximum Gasteiger partial charge on any atom is 0.255 e. The molecule has 0 saturated carbocycles. The fraction of sp³-hybridized carbons (Fsp3) is 0.391. The highest BCUT2D eigenvalue weighted by atomic mass is 32.2. The molecule has 2 aliphatic heterocycles. The van der Waals surface area contributed by atoms with Crippen LogP contribution in [-0.4, -0.2) is 54.1 Å². The normalized spacial score (nSPS) is 23.3. The second-order valence-corrected chi connectivity index (χ2v) is 12.9. The molecular weight excluding hydrogens is 448 g/mol. The van der Waals surface area contributed by atoms with Gasteiger partial charge < -0.3 is 4.90 Å². The first-order chi connectivity index (χ1) is 15.0. The molecule has 2 fully saturated rings. The summed E-state index contributed by atoms with van der Waals surface area (Å²) in [5.74, 6) is 0.741. The molecule has 2 aliphatic rings. The summed E-state index contributed by atoms with van der Waals surface area (Å²) in [5, 5.41) is 1.13. The molecule has 5 rings (SSSR count). The number of carbonyl (C=O) groups excluding carboxylic acids is 1. The van der Waals surface area contributed by atoms with Gasteiger partial charge in [-0.3, -0.25) is 4.79 Å². The number of rotatable bonds is 4. The predicted octanol–water partition coefficient (Wildman–Crippen LogP) is 4.60. The van der Waals surface area contributed by atoms with Crippen LogP contribution in [0.4, 0.5) is 0 Å². The van der Waals surface area contributed by atoms with Crippen LogP contribution in [0.25, 0.3) is 10.2 Å². The zero-order valence-corrected chi connectivity index (χ0v) is 19.5. The molecule has 0 aliphatic carbocycles. The molecule has 0 radical (unpaired) electrons. The van der Waals surface area contributed by atoms with Crippen molar-refractivity contribution in [3.63, 3.8) is 0 Å². The molecule has 2 atom stereocenters. The molecule has 1 amide bonds. The third kappa shape index (κ3) is 4.52. The third-order valence-corrected chi connectivity index (χ3v) is 10.5. The van der Waals surface area contributed by atoms with Crippen molar-refractivity contribution in [3.05, 3.63) is 59.1 Å². The number of nitrogens with zero attached hydrogens (tertiary/aromatic N) is 2. The Morgan fingerprint density at radius 3 is 2.71 bits per heavy atom. The summed E-state index contributed by atoms with van der Waals surface area (Å²) in [4.78, 5) is 21.1. The van der Waals surface area contributed by atoms with E-state index >= 15 is 0 Å². The Kier molecular flexibility index (Phi) is 5.79. The molecule has 2 saturated heterocycles. The van der Waals surface area contributed by atoms with E-state index in [9.17, 15) is 13.2 Å². The van der Waals surface area contributed by atoms with Crippen molar-refractivity contribution >= 4 is 49.1 Å². The predicted molar refractivity (Wildman–Crippen MR) is 127 cm³/mol. The van der Waals surface area contributed by atoms with Gasteiger partial charge in [0.15, 0.2) is 9.84 Å². The Morgan fingerprint density at radius 1 is 1.10 bits per heavy atom. The van der Waals surface area contributed by atoms with Gasteiger partial charge in [-0.25, -0.2) is 13.4 Å². The third-order valence-electron chi connectivity index (χ3n) is 5.97. The molecule has 5 nitrogen and oxygen atoms in total. The first kappa shape index (κ1) is 21.0. The lowest BCUT2D eigenvalue weighted by molar-refractivity contribution is 0.0703.